The summed E-state index contributed by atoms with van der Waals surface area (Å²) < 4.78 is 24.8. The van der Waals surface area contributed by atoms with Gasteiger partial charge in [0.15, 0.2) is 9.84 Å². The van der Waals surface area contributed by atoms with E-state index in [0.29, 0.717) is 11.1 Å². The van der Waals surface area contributed by atoms with E-state index in [2.05, 4.69) is 6.07 Å². The molecule has 0 fully saturated rings. The number of hydrogen-bond donors (Lipinski definition) is 0. The van der Waals surface area contributed by atoms with Gasteiger partial charge in [0.25, 0.3) is 0 Å². The van der Waals surface area contributed by atoms with E-state index in [4.69, 9.17) is 0 Å². The molecule has 1 aliphatic heterocycles. The fourth-order valence-electron chi connectivity index (χ4n) is 2.54. The highest BCUT2D eigenvalue weighted by atomic mass is 32.2. The predicted octanol–water partition coefficient (Wildman–Crippen LogP) is 2.63. The minimum Gasteiger partial charge on any atom is -0.223 e. The molecule has 0 amide bonds. The Morgan fingerprint density at radius 2 is 1.63 bits per heavy atom. The summed E-state index contributed by atoms with van der Waals surface area (Å²) in [7, 11) is -3.39. The van der Waals surface area contributed by atoms with Crippen molar-refractivity contribution in [3.8, 4) is 6.07 Å². The maximum Gasteiger partial charge on any atom is 0.182 e. The van der Waals surface area contributed by atoms with Gasteiger partial charge in [-0.1, -0.05) is 42.5 Å². The van der Waals surface area contributed by atoms with Crippen LogP contribution in [-0.4, -0.2) is 8.42 Å². The van der Waals surface area contributed by atoms with E-state index in [0.717, 1.165) is 5.56 Å². The Morgan fingerprint density at radius 3 is 2.37 bits per heavy atom. The largest absolute Gasteiger partial charge is 0.223 e. The number of benzene rings is 2. The molecule has 2 aromatic rings. The molecule has 19 heavy (non-hydrogen) atoms. The first-order valence-corrected chi connectivity index (χ1v) is 7.58. The van der Waals surface area contributed by atoms with Crippen LogP contribution in [0, 0.1) is 11.3 Å². The fourth-order valence-corrected chi connectivity index (χ4v) is 4.20. The van der Waals surface area contributed by atoms with Crippen LogP contribution in [0.15, 0.2) is 53.4 Å². The normalized spacial score (nSPS) is 19.6. The van der Waals surface area contributed by atoms with Crippen molar-refractivity contribution in [2.75, 3.05) is 0 Å². The average Bonchev–Trinajstić information content (AvgIpc) is 2.50. The Hall–Kier alpha value is -2.12. The summed E-state index contributed by atoms with van der Waals surface area (Å²) >= 11 is 0. The highest BCUT2D eigenvalue weighted by Gasteiger charge is 2.30. The molecule has 3 nitrogen and oxygen atoms in total. The molecule has 0 spiro atoms. The molecule has 1 heterocycles. The summed E-state index contributed by atoms with van der Waals surface area (Å²) in [5.41, 5.74) is 2.08. The van der Waals surface area contributed by atoms with Gasteiger partial charge in [0, 0.05) is 0 Å². The van der Waals surface area contributed by atoms with E-state index in [-0.39, 0.29) is 10.6 Å². The average molecular weight is 269 g/mol. The van der Waals surface area contributed by atoms with E-state index in [1.807, 2.05) is 12.1 Å². The van der Waals surface area contributed by atoms with E-state index in [1.165, 1.54) is 0 Å². The van der Waals surface area contributed by atoms with Crippen LogP contribution in [0.25, 0.3) is 0 Å². The van der Waals surface area contributed by atoms with E-state index in [9.17, 15) is 13.7 Å². The van der Waals surface area contributed by atoms with Crippen LogP contribution in [0.2, 0.25) is 0 Å². The molecule has 0 N–H and O–H groups in total. The van der Waals surface area contributed by atoms with Crippen molar-refractivity contribution in [3.63, 3.8) is 0 Å². The third kappa shape index (κ3) is 1.83. The van der Waals surface area contributed by atoms with Gasteiger partial charge in [0.05, 0.1) is 22.6 Å². The number of nitriles is 1. The van der Waals surface area contributed by atoms with Crippen LogP contribution in [0.1, 0.15) is 22.6 Å². The van der Waals surface area contributed by atoms with Gasteiger partial charge in [-0.15, -0.1) is 0 Å². The van der Waals surface area contributed by atoms with Gasteiger partial charge in [-0.25, -0.2) is 8.42 Å². The van der Waals surface area contributed by atoms with Crippen LogP contribution < -0.4 is 0 Å². The highest BCUT2D eigenvalue weighted by molar-refractivity contribution is 7.90. The molecular formula is C15H11NO2S. The minimum absolute atomic E-state index is 0.0433. The molecule has 0 saturated heterocycles. The zero-order valence-electron chi connectivity index (χ0n) is 10.1. The maximum absolute atomic E-state index is 12.4. The van der Waals surface area contributed by atoms with Crippen LogP contribution in [0.3, 0.4) is 0 Å². The molecule has 2 aromatic carbocycles. The van der Waals surface area contributed by atoms with E-state index >= 15 is 0 Å². The van der Waals surface area contributed by atoms with E-state index < -0.39 is 15.8 Å². The Morgan fingerprint density at radius 1 is 1.00 bits per heavy atom. The van der Waals surface area contributed by atoms with Crippen molar-refractivity contribution >= 4 is 9.84 Å². The maximum atomic E-state index is 12.4. The third-order valence-electron chi connectivity index (χ3n) is 3.41. The molecule has 0 aromatic heterocycles. The smallest absolute Gasteiger partial charge is 0.182 e. The lowest BCUT2D eigenvalue weighted by atomic mass is 9.90. The lowest BCUT2D eigenvalue weighted by molar-refractivity contribution is 0.595. The molecule has 4 heteroatoms. The van der Waals surface area contributed by atoms with Crippen molar-refractivity contribution in [2.45, 2.75) is 16.6 Å². The van der Waals surface area contributed by atoms with Gasteiger partial charge in [0.2, 0.25) is 0 Å². The molecule has 0 bridgehead atoms. The number of sulfone groups is 1. The summed E-state index contributed by atoms with van der Waals surface area (Å²) in [6.07, 6.45) is 0. The number of hydrogen-bond acceptors (Lipinski definition) is 3. The molecule has 3 rings (SSSR count). The standard InChI is InChI=1S/C15H11NO2S/c16-9-14-12-6-2-1-5-11(12)10-19(17,18)15-8-4-3-7-13(14)15/h1-8,14H,10H2/t14-/m1/s1. The Kier molecular flexibility index (Phi) is 2.65. The molecule has 0 saturated carbocycles. The quantitative estimate of drug-likeness (QED) is 0.738. The summed E-state index contributed by atoms with van der Waals surface area (Å²) in [5.74, 6) is -0.567. The molecule has 94 valence electrons. The van der Waals surface area contributed by atoms with E-state index in [1.54, 1.807) is 36.4 Å². The molecule has 0 radical (unpaired) electrons. The van der Waals surface area contributed by atoms with Crippen molar-refractivity contribution < 1.29 is 8.42 Å². The van der Waals surface area contributed by atoms with Crippen molar-refractivity contribution in [3.05, 3.63) is 65.2 Å². The Bertz CT molecular complexity index is 788. The van der Waals surface area contributed by atoms with Crippen LogP contribution >= 0.6 is 0 Å². The summed E-state index contributed by atoms with van der Waals surface area (Å²) in [6, 6.07) is 16.3. The second-order valence-corrected chi connectivity index (χ2v) is 6.52. The molecule has 0 aliphatic carbocycles. The molecule has 0 unspecified atom stereocenters. The Labute approximate surface area is 112 Å². The van der Waals surface area contributed by atoms with Crippen molar-refractivity contribution in [1.82, 2.24) is 0 Å². The van der Waals surface area contributed by atoms with Gasteiger partial charge in [-0.3, -0.25) is 0 Å². The summed E-state index contributed by atoms with van der Waals surface area (Å²) in [5, 5.41) is 9.43. The van der Waals surface area contributed by atoms with Crippen LogP contribution in [0.4, 0.5) is 0 Å². The Balaban J connectivity index is 2.40. The highest BCUT2D eigenvalue weighted by Crippen LogP contribution is 2.36. The van der Waals surface area contributed by atoms with Crippen molar-refractivity contribution in [1.29, 1.82) is 5.26 Å². The number of nitrogens with zero attached hydrogens (tertiary/aromatic N) is 1. The van der Waals surface area contributed by atoms with Gasteiger partial charge < -0.3 is 0 Å². The molecule has 1 atom stereocenters. The monoisotopic (exact) mass is 269 g/mol. The zero-order chi connectivity index (χ0) is 13.5. The second kappa shape index (κ2) is 4.22. The fraction of sp³-hybridized carbons (Fsp3) is 0.133. The topological polar surface area (TPSA) is 57.9 Å². The predicted molar refractivity (Wildman–Crippen MR) is 71.2 cm³/mol. The lowest BCUT2D eigenvalue weighted by Crippen LogP contribution is -2.05. The van der Waals surface area contributed by atoms with Gasteiger partial charge >= 0.3 is 0 Å². The molecular weight excluding hydrogens is 258 g/mol. The van der Waals surface area contributed by atoms with Gasteiger partial charge in [-0.05, 0) is 22.8 Å². The summed E-state index contributed by atoms with van der Waals surface area (Å²) in [4.78, 5) is 0.276. The van der Waals surface area contributed by atoms with Gasteiger partial charge in [0.1, 0.15) is 0 Å². The van der Waals surface area contributed by atoms with Crippen LogP contribution in [-0.2, 0) is 15.6 Å². The minimum atomic E-state index is -3.39. The first-order valence-electron chi connectivity index (χ1n) is 5.92. The SMILES string of the molecule is N#C[C@@H]1c2ccccc2CS(=O)(=O)c2ccccc21. The first kappa shape index (κ1) is 11.9. The number of rotatable bonds is 0. The third-order valence-corrected chi connectivity index (χ3v) is 5.14. The lowest BCUT2D eigenvalue weighted by Gasteiger charge is -2.11. The van der Waals surface area contributed by atoms with Crippen molar-refractivity contribution in [2.24, 2.45) is 0 Å². The zero-order valence-corrected chi connectivity index (χ0v) is 10.9. The second-order valence-electron chi connectivity index (χ2n) is 4.56. The van der Waals surface area contributed by atoms with Gasteiger partial charge in [-0.2, -0.15) is 5.26 Å². The molecule has 1 aliphatic rings. The number of fused-ring (bicyclic) bond motifs is 2. The van der Waals surface area contributed by atoms with Crippen LogP contribution in [0.5, 0.6) is 0 Å². The first-order chi connectivity index (χ1) is 9.13. The summed E-state index contributed by atoms with van der Waals surface area (Å²) in [6.45, 7) is 0.